The van der Waals surface area contributed by atoms with Gasteiger partial charge in [0.15, 0.2) is 11.5 Å². The number of hydrogen-bond acceptors (Lipinski definition) is 9. The van der Waals surface area contributed by atoms with Crippen LogP contribution in [0.15, 0.2) is 79.5 Å². The van der Waals surface area contributed by atoms with E-state index in [2.05, 4.69) is 25.5 Å². The average Bonchev–Trinajstić information content (AvgIpc) is 3.53. The average molecular weight is 605 g/mol. The van der Waals surface area contributed by atoms with Gasteiger partial charge in [-0.15, -0.1) is 0 Å². The molecule has 0 radical (unpaired) electrons. The first-order valence-electron chi connectivity index (χ1n) is 15.0. The normalized spacial score (nSPS) is 15.6. The fourth-order valence-electron chi connectivity index (χ4n) is 5.74. The van der Waals surface area contributed by atoms with Crippen LogP contribution in [0.5, 0.6) is 0 Å². The van der Waals surface area contributed by atoms with Gasteiger partial charge in [-0.05, 0) is 61.4 Å². The van der Waals surface area contributed by atoms with Gasteiger partial charge in [-0.2, -0.15) is 5.10 Å². The third-order valence-corrected chi connectivity index (χ3v) is 8.07. The molecule has 0 saturated carbocycles. The van der Waals surface area contributed by atoms with E-state index in [0.717, 1.165) is 48.3 Å². The van der Waals surface area contributed by atoms with Crippen LogP contribution in [0.4, 0.5) is 22.0 Å². The molecule has 2 saturated heterocycles. The first-order valence-corrected chi connectivity index (χ1v) is 15.0. The molecule has 7 rings (SSSR count). The number of carbonyl (C=O) groups is 2. The van der Waals surface area contributed by atoms with Gasteiger partial charge in [-0.1, -0.05) is 0 Å². The van der Waals surface area contributed by atoms with E-state index >= 15 is 0 Å². The fourth-order valence-corrected chi connectivity index (χ4v) is 5.74. The molecule has 2 fully saturated rings. The van der Waals surface area contributed by atoms with Gasteiger partial charge in [0.25, 0.3) is 5.91 Å². The molecule has 13 heteroatoms. The van der Waals surface area contributed by atoms with Gasteiger partial charge in [-0.3, -0.25) is 14.8 Å². The molecule has 2 aliphatic heterocycles. The quantitative estimate of drug-likeness (QED) is 0.291. The number of fused-ring (bicyclic) bond motifs is 1. The molecular weight excluding hydrogens is 572 g/mol. The third-order valence-electron chi connectivity index (χ3n) is 8.07. The van der Waals surface area contributed by atoms with Crippen molar-refractivity contribution in [3.63, 3.8) is 0 Å². The van der Waals surface area contributed by atoms with Gasteiger partial charge < -0.3 is 25.2 Å². The number of hydrogen-bond donors (Lipinski definition) is 2. The molecule has 1 aromatic carbocycles. The predicted molar refractivity (Wildman–Crippen MR) is 169 cm³/mol. The summed E-state index contributed by atoms with van der Waals surface area (Å²) < 4.78 is 7.60. The minimum Gasteiger partial charge on any atom is -0.378 e. The molecule has 0 atom stereocenters. The number of carbonyl (C=O) groups excluding carboxylic acids is 2. The van der Waals surface area contributed by atoms with Gasteiger partial charge in [0.05, 0.1) is 48.3 Å². The zero-order valence-electron chi connectivity index (χ0n) is 24.5. The predicted octanol–water partition coefficient (Wildman–Crippen LogP) is 4.24. The van der Waals surface area contributed by atoms with Crippen LogP contribution in [0.1, 0.15) is 29.2 Å². The number of pyridine rings is 2. The van der Waals surface area contributed by atoms with Crippen LogP contribution in [0, 0.1) is 0 Å². The lowest BCUT2D eigenvalue weighted by molar-refractivity contribution is 0.0691. The van der Waals surface area contributed by atoms with Crippen molar-refractivity contribution in [3.05, 3.63) is 85.1 Å². The highest BCUT2D eigenvalue weighted by Gasteiger charge is 2.28. The van der Waals surface area contributed by atoms with E-state index in [4.69, 9.17) is 19.8 Å². The van der Waals surface area contributed by atoms with Gasteiger partial charge in [0.1, 0.15) is 5.82 Å². The molecule has 228 valence electrons. The molecule has 0 aliphatic carbocycles. The Morgan fingerprint density at radius 2 is 1.53 bits per heavy atom. The van der Waals surface area contributed by atoms with E-state index in [1.165, 1.54) is 0 Å². The Balaban J connectivity index is 1.13. The number of amides is 3. The lowest BCUT2D eigenvalue weighted by Gasteiger charge is -2.32. The van der Waals surface area contributed by atoms with Crippen molar-refractivity contribution in [1.29, 1.82) is 0 Å². The highest BCUT2D eigenvalue weighted by Crippen LogP contribution is 2.32. The molecule has 13 nitrogen and oxygen atoms in total. The number of aromatic nitrogens is 6. The van der Waals surface area contributed by atoms with E-state index in [-0.39, 0.29) is 18.0 Å². The third kappa shape index (κ3) is 6.15. The maximum absolute atomic E-state index is 13.0. The number of likely N-dealkylation sites (tertiary alicyclic amines) is 1. The molecule has 0 spiro atoms. The summed E-state index contributed by atoms with van der Waals surface area (Å²) in [6.45, 7) is 3.94. The topological polar surface area (TPSA) is 143 Å². The summed E-state index contributed by atoms with van der Waals surface area (Å²) in [5.74, 6) is 1.40. The maximum Gasteiger partial charge on any atom is 0.323 e. The number of nitrogens with one attached hydrogen (secondary N) is 2. The second-order valence-corrected chi connectivity index (χ2v) is 11.0. The van der Waals surface area contributed by atoms with Gasteiger partial charge in [-0.25, -0.2) is 19.4 Å². The van der Waals surface area contributed by atoms with Gasteiger partial charge in [0, 0.05) is 56.0 Å². The molecule has 2 N–H and O–H groups in total. The lowest BCUT2D eigenvalue weighted by Crippen LogP contribution is -2.39. The Bertz CT molecular complexity index is 1780. The maximum atomic E-state index is 13.0. The summed E-state index contributed by atoms with van der Waals surface area (Å²) in [4.78, 5) is 47.7. The molecule has 5 aromatic rings. The lowest BCUT2D eigenvalue weighted by atomic mass is 10.0. The number of morpholine rings is 1. The molecule has 45 heavy (non-hydrogen) atoms. The van der Waals surface area contributed by atoms with Crippen molar-refractivity contribution in [2.24, 2.45) is 0 Å². The van der Waals surface area contributed by atoms with E-state index < -0.39 is 0 Å². The van der Waals surface area contributed by atoms with E-state index in [9.17, 15) is 9.59 Å². The second-order valence-electron chi connectivity index (χ2n) is 11.0. The van der Waals surface area contributed by atoms with Crippen LogP contribution in [0.3, 0.4) is 0 Å². The Morgan fingerprint density at radius 3 is 2.24 bits per heavy atom. The van der Waals surface area contributed by atoms with Crippen molar-refractivity contribution < 1.29 is 14.3 Å². The highest BCUT2D eigenvalue weighted by molar-refractivity contribution is 5.99. The van der Waals surface area contributed by atoms with Crippen molar-refractivity contribution in [2.45, 2.75) is 18.9 Å². The summed E-state index contributed by atoms with van der Waals surface area (Å²) in [6, 6.07) is 14.3. The van der Waals surface area contributed by atoms with Gasteiger partial charge >= 0.3 is 6.03 Å². The number of nitrogens with zero attached hydrogens (tertiary/aromatic N) is 8. The second kappa shape index (κ2) is 12.7. The molecule has 0 unspecified atom stereocenters. The number of rotatable bonds is 6. The number of anilines is 3. The standard InChI is InChI=1S/C32H32N10O3/c43-31(23-3-1-11-33-19-23)41-13-9-26(10-14-41)42-30-27(21-35-42)29(40-15-17-45-18-16-40)38-28(39-30)22-5-7-24(8-6-22)36-32(44)37-25-4-2-12-34-20-25/h1-8,11-12,19-21,26H,9-10,13-18H2,(H2,36,37,44). The minimum atomic E-state index is -0.361. The largest absolute Gasteiger partial charge is 0.378 e. The van der Waals surface area contributed by atoms with Crippen molar-refractivity contribution in [3.8, 4) is 11.4 Å². The number of benzene rings is 1. The van der Waals surface area contributed by atoms with Gasteiger partial charge in [0.2, 0.25) is 0 Å². The molecule has 4 aromatic heterocycles. The molecule has 3 amide bonds. The molecule has 6 heterocycles. The summed E-state index contributed by atoms with van der Waals surface area (Å²) in [6.07, 6.45) is 9.88. The zero-order chi connectivity index (χ0) is 30.6. The van der Waals surface area contributed by atoms with Crippen LogP contribution in [0.25, 0.3) is 22.4 Å². The van der Waals surface area contributed by atoms with Crippen molar-refractivity contribution in [1.82, 2.24) is 34.6 Å². The first kappa shape index (κ1) is 28.3. The van der Waals surface area contributed by atoms with Crippen molar-refractivity contribution >= 4 is 40.2 Å². The Labute approximate surface area is 259 Å². The van der Waals surface area contributed by atoms with E-state index in [0.29, 0.717) is 49.1 Å². The van der Waals surface area contributed by atoms with E-state index in [1.807, 2.05) is 40.0 Å². The highest BCUT2D eigenvalue weighted by atomic mass is 16.5. The fraction of sp³-hybridized carbons (Fsp3) is 0.281. The SMILES string of the molecule is O=C(Nc1ccc(-c2nc(N3CCOCC3)c3cnn(C4CCN(C(=O)c5cccnc5)CC4)c3n2)cc1)Nc1cccnc1. The Kier molecular flexibility index (Phi) is 7.98. The van der Waals surface area contributed by atoms with Crippen LogP contribution < -0.4 is 15.5 Å². The summed E-state index contributed by atoms with van der Waals surface area (Å²) in [7, 11) is 0. The zero-order valence-corrected chi connectivity index (χ0v) is 24.5. The smallest absolute Gasteiger partial charge is 0.323 e. The molecule has 0 bridgehead atoms. The first-order chi connectivity index (χ1) is 22.1. The van der Waals surface area contributed by atoms with Crippen LogP contribution in [-0.2, 0) is 4.74 Å². The summed E-state index contributed by atoms with van der Waals surface area (Å²) in [5, 5.41) is 11.3. The number of urea groups is 1. The van der Waals surface area contributed by atoms with Crippen LogP contribution >= 0.6 is 0 Å². The molecular formula is C32H32N10O3. The Hall–Kier alpha value is -5.43. The minimum absolute atomic E-state index is 0.00131. The Morgan fingerprint density at radius 1 is 0.800 bits per heavy atom. The summed E-state index contributed by atoms with van der Waals surface area (Å²) >= 11 is 0. The number of ether oxygens (including phenoxy) is 1. The molecule has 2 aliphatic rings. The van der Waals surface area contributed by atoms with Crippen LogP contribution in [0.2, 0.25) is 0 Å². The summed E-state index contributed by atoms with van der Waals surface area (Å²) in [5.41, 5.74) is 3.41. The van der Waals surface area contributed by atoms with E-state index in [1.54, 1.807) is 49.1 Å². The van der Waals surface area contributed by atoms with Crippen molar-refractivity contribution in [2.75, 3.05) is 54.9 Å². The number of piperidine rings is 1. The van der Waals surface area contributed by atoms with Crippen LogP contribution in [-0.4, -0.2) is 85.9 Å². The monoisotopic (exact) mass is 604 g/mol.